The Labute approximate surface area is 107 Å². The second-order valence-electron chi connectivity index (χ2n) is 4.58. The van der Waals surface area contributed by atoms with Crippen molar-refractivity contribution in [3.05, 3.63) is 29.8 Å². The summed E-state index contributed by atoms with van der Waals surface area (Å²) in [5.74, 6) is 0.132. The zero-order chi connectivity index (χ0) is 13.1. The van der Waals surface area contributed by atoms with Crippen molar-refractivity contribution < 1.29 is 9.90 Å². The number of nitrogens with zero attached hydrogens (tertiary/aromatic N) is 2. The molecule has 0 aliphatic carbocycles. The summed E-state index contributed by atoms with van der Waals surface area (Å²) in [5, 5.41) is 9.61. The molecule has 1 atom stereocenters. The van der Waals surface area contributed by atoms with Crippen LogP contribution < -0.4 is 10.6 Å². The molecule has 5 nitrogen and oxygen atoms in total. The molecule has 1 saturated heterocycles. The van der Waals surface area contributed by atoms with Crippen LogP contribution >= 0.6 is 0 Å². The number of benzene rings is 1. The first kappa shape index (κ1) is 12.9. The van der Waals surface area contributed by atoms with Crippen LogP contribution in [0.4, 0.5) is 5.69 Å². The first-order valence-corrected chi connectivity index (χ1v) is 6.09. The van der Waals surface area contributed by atoms with Gasteiger partial charge in [0.2, 0.25) is 5.91 Å². The van der Waals surface area contributed by atoms with E-state index in [1.54, 1.807) is 4.90 Å². The van der Waals surface area contributed by atoms with E-state index >= 15 is 0 Å². The molecule has 1 heterocycles. The Hall–Kier alpha value is -1.59. The van der Waals surface area contributed by atoms with Crippen molar-refractivity contribution in [2.45, 2.75) is 6.10 Å². The van der Waals surface area contributed by atoms with Gasteiger partial charge in [0.05, 0.1) is 12.6 Å². The molecule has 2 rings (SSSR count). The minimum atomic E-state index is -0.617. The van der Waals surface area contributed by atoms with Crippen LogP contribution in [0, 0.1) is 0 Å². The summed E-state index contributed by atoms with van der Waals surface area (Å²) in [6, 6.07) is 7.56. The molecular formula is C13H19N3O2. The van der Waals surface area contributed by atoms with Crippen LogP contribution in [0.3, 0.4) is 0 Å². The molecule has 0 radical (unpaired) electrons. The van der Waals surface area contributed by atoms with Gasteiger partial charge >= 0.3 is 0 Å². The van der Waals surface area contributed by atoms with Gasteiger partial charge in [-0.15, -0.1) is 0 Å². The molecule has 5 heteroatoms. The predicted octanol–water partition coefficient (Wildman–Crippen LogP) is -0.0429. The molecular weight excluding hydrogens is 230 g/mol. The van der Waals surface area contributed by atoms with Gasteiger partial charge in [0, 0.05) is 32.4 Å². The Morgan fingerprint density at radius 2 is 2.00 bits per heavy atom. The lowest BCUT2D eigenvalue weighted by Crippen LogP contribution is -2.48. The smallest absolute Gasteiger partial charge is 0.241 e. The van der Waals surface area contributed by atoms with Gasteiger partial charge < -0.3 is 20.6 Å². The molecule has 0 bridgehead atoms. The highest BCUT2D eigenvalue weighted by molar-refractivity contribution is 5.82. The lowest BCUT2D eigenvalue weighted by molar-refractivity contribution is -0.129. The molecule has 1 amide bonds. The SMILES string of the molecule is CN1CCN(c2ccc(C(O)CN)cc2)CC1=O. The van der Waals surface area contributed by atoms with E-state index in [1.165, 1.54) is 0 Å². The van der Waals surface area contributed by atoms with Crippen molar-refractivity contribution in [1.82, 2.24) is 4.90 Å². The maximum Gasteiger partial charge on any atom is 0.241 e. The van der Waals surface area contributed by atoms with Gasteiger partial charge in [-0.3, -0.25) is 4.79 Å². The number of nitrogens with two attached hydrogens (primary N) is 1. The van der Waals surface area contributed by atoms with Crippen molar-refractivity contribution in [1.29, 1.82) is 0 Å². The van der Waals surface area contributed by atoms with Crippen LogP contribution in [0.15, 0.2) is 24.3 Å². The van der Waals surface area contributed by atoms with Gasteiger partial charge in [-0.2, -0.15) is 0 Å². The third-order valence-corrected chi connectivity index (χ3v) is 3.32. The van der Waals surface area contributed by atoms with Gasteiger partial charge in [-0.25, -0.2) is 0 Å². The van der Waals surface area contributed by atoms with Crippen molar-refractivity contribution in [2.24, 2.45) is 5.73 Å². The monoisotopic (exact) mass is 249 g/mol. The zero-order valence-corrected chi connectivity index (χ0v) is 10.5. The Balaban J connectivity index is 2.08. The van der Waals surface area contributed by atoms with Crippen molar-refractivity contribution in [3.63, 3.8) is 0 Å². The Morgan fingerprint density at radius 3 is 2.56 bits per heavy atom. The minimum absolute atomic E-state index is 0.132. The number of aliphatic hydroxyl groups is 1. The van der Waals surface area contributed by atoms with Gasteiger partial charge in [-0.1, -0.05) is 12.1 Å². The second-order valence-corrected chi connectivity index (χ2v) is 4.58. The Morgan fingerprint density at radius 1 is 1.33 bits per heavy atom. The standard InChI is InChI=1S/C13H19N3O2/c1-15-6-7-16(9-13(15)18)11-4-2-10(3-5-11)12(17)8-14/h2-5,12,17H,6-9,14H2,1H3. The summed E-state index contributed by atoms with van der Waals surface area (Å²) >= 11 is 0. The lowest BCUT2D eigenvalue weighted by Gasteiger charge is -2.33. The average molecular weight is 249 g/mol. The van der Waals surface area contributed by atoms with Gasteiger partial charge in [-0.05, 0) is 17.7 Å². The van der Waals surface area contributed by atoms with Crippen LogP contribution in [0.1, 0.15) is 11.7 Å². The Bertz CT molecular complexity index is 419. The number of hydrogen-bond donors (Lipinski definition) is 2. The molecule has 1 unspecified atom stereocenters. The number of anilines is 1. The maximum atomic E-state index is 11.6. The van der Waals surface area contributed by atoms with E-state index in [2.05, 4.69) is 0 Å². The topological polar surface area (TPSA) is 69.8 Å². The molecule has 1 aliphatic heterocycles. The molecule has 0 saturated carbocycles. The lowest BCUT2D eigenvalue weighted by atomic mass is 10.1. The summed E-state index contributed by atoms with van der Waals surface area (Å²) in [7, 11) is 1.82. The zero-order valence-electron chi connectivity index (χ0n) is 10.5. The molecule has 0 spiro atoms. The number of carbonyl (C=O) groups is 1. The van der Waals surface area contributed by atoms with E-state index in [-0.39, 0.29) is 12.5 Å². The Kier molecular flexibility index (Phi) is 3.84. The molecule has 0 aromatic heterocycles. The summed E-state index contributed by atoms with van der Waals surface area (Å²) in [6.07, 6.45) is -0.617. The van der Waals surface area contributed by atoms with E-state index in [9.17, 15) is 9.90 Å². The average Bonchev–Trinajstić information content (AvgIpc) is 2.41. The molecule has 1 aromatic rings. The van der Waals surface area contributed by atoms with Crippen LogP contribution in [-0.2, 0) is 4.79 Å². The summed E-state index contributed by atoms with van der Waals surface area (Å²) in [4.78, 5) is 15.4. The van der Waals surface area contributed by atoms with E-state index in [0.717, 1.165) is 24.3 Å². The number of likely N-dealkylation sites (N-methyl/N-ethyl adjacent to an activating group) is 1. The molecule has 1 aromatic carbocycles. The number of carbonyl (C=O) groups excluding carboxylic acids is 1. The fourth-order valence-electron chi connectivity index (χ4n) is 2.02. The third kappa shape index (κ3) is 2.63. The van der Waals surface area contributed by atoms with Gasteiger partial charge in [0.15, 0.2) is 0 Å². The molecule has 98 valence electrons. The van der Waals surface area contributed by atoms with Gasteiger partial charge in [0.25, 0.3) is 0 Å². The molecule has 1 aliphatic rings. The molecule has 1 fully saturated rings. The van der Waals surface area contributed by atoms with E-state index in [0.29, 0.717) is 6.54 Å². The largest absolute Gasteiger partial charge is 0.387 e. The van der Waals surface area contributed by atoms with Crippen molar-refractivity contribution in [3.8, 4) is 0 Å². The second kappa shape index (κ2) is 5.37. The first-order chi connectivity index (χ1) is 8.61. The maximum absolute atomic E-state index is 11.6. The van der Waals surface area contributed by atoms with E-state index in [1.807, 2.05) is 36.2 Å². The highest BCUT2D eigenvalue weighted by atomic mass is 16.3. The van der Waals surface area contributed by atoms with Crippen LogP contribution in [0.5, 0.6) is 0 Å². The number of hydrogen-bond acceptors (Lipinski definition) is 4. The summed E-state index contributed by atoms with van der Waals surface area (Å²) in [5.41, 5.74) is 7.22. The number of rotatable bonds is 3. The highest BCUT2D eigenvalue weighted by Crippen LogP contribution is 2.20. The quantitative estimate of drug-likeness (QED) is 0.788. The molecule has 3 N–H and O–H groups in total. The normalized spacial score (nSPS) is 18.1. The van der Waals surface area contributed by atoms with E-state index in [4.69, 9.17) is 5.73 Å². The van der Waals surface area contributed by atoms with Crippen LogP contribution in [0.25, 0.3) is 0 Å². The van der Waals surface area contributed by atoms with Crippen LogP contribution in [0.2, 0.25) is 0 Å². The third-order valence-electron chi connectivity index (χ3n) is 3.32. The first-order valence-electron chi connectivity index (χ1n) is 6.09. The number of piperazine rings is 1. The number of aliphatic hydroxyl groups excluding tert-OH is 1. The fraction of sp³-hybridized carbons (Fsp3) is 0.462. The summed E-state index contributed by atoms with van der Waals surface area (Å²) < 4.78 is 0. The van der Waals surface area contributed by atoms with E-state index < -0.39 is 6.10 Å². The van der Waals surface area contributed by atoms with Crippen LogP contribution in [-0.4, -0.2) is 49.1 Å². The fourth-order valence-corrected chi connectivity index (χ4v) is 2.02. The minimum Gasteiger partial charge on any atom is -0.387 e. The predicted molar refractivity (Wildman–Crippen MR) is 70.3 cm³/mol. The highest BCUT2D eigenvalue weighted by Gasteiger charge is 2.21. The van der Waals surface area contributed by atoms with Crippen molar-refractivity contribution >= 4 is 11.6 Å². The molecule has 18 heavy (non-hydrogen) atoms. The van der Waals surface area contributed by atoms with Gasteiger partial charge in [0.1, 0.15) is 0 Å². The van der Waals surface area contributed by atoms with Crippen molar-refractivity contribution in [2.75, 3.05) is 38.1 Å². The number of amides is 1. The summed E-state index contributed by atoms with van der Waals surface area (Å²) in [6.45, 7) is 2.20.